The Kier molecular flexibility index (Phi) is 6.79. The monoisotopic (exact) mass is 530 g/mol. The number of halogens is 4. The molecule has 2 aliphatic rings. The van der Waals surface area contributed by atoms with Gasteiger partial charge in [-0.1, -0.05) is 26.0 Å². The smallest absolute Gasteiger partial charge is 0.416 e. The number of aliphatic hydroxyl groups is 1. The summed E-state index contributed by atoms with van der Waals surface area (Å²) in [6.45, 7) is 5.31. The maximum atomic E-state index is 16.1. The molecule has 202 valence electrons. The number of anilines is 1. The van der Waals surface area contributed by atoms with E-state index >= 15 is 4.39 Å². The first-order valence-corrected chi connectivity index (χ1v) is 12.7. The predicted molar refractivity (Wildman–Crippen MR) is 134 cm³/mol. The van der Waals surface area contributed by atoms with Gasteiger partial charge in [-0.15, -0.1) is 0 Å². The van der Waals surface area contributed by atoms with E-state index in [1.807, 2.05) is 4.90 Å². The summed E-state index contributed by atoms with van der Waals surface area (Å²) < 4.78 is 55.3. The minimum atomic E-state index is -4.50. The van der Waals surface area contributed by atoms with E-state index in [-0.39, 0.29) is 22.6 Å². The van der Waals surface area contributed by atoms with Gasteiger partial charge in [0.25, 0.3) is 0 Å². The van der Waals surface area contributed by atoms with Crippen molar-refractivity contribution in [3.8, 4) is 5.75 Å². The second-order valence-corrected chi connectivity index (χ2v) is 11.0. The highest BCUT2D eigenvalue weighted by Crippen LogP contribution is 2.44. The van der Waals surface area contributed by atoms with Gasteiger partial charge in [-0.25, -0.2) is 14.4 Å². The molecule has 2 aromatic heterocycles. The third-order valence-electron chi connectivity index (χ3n) is 7.54. The molecule has 2 N–H and O–H groups in total. The van der Waals surface area contributed by atoms with Crippen molar-refractivity contribution in [3.63, 3.8) is 0 Å². The molecule has 0 radical (unpaired) electrons. The highest BCUT2D eigenvalue weighted by molar-refractivity contribution is 5.43. The molecule has 1 fully saturated rings. The Morgan fingerprint density at radius 1 is 1.05 bits per heavy atom. The van der Waals surface area contributed by atoms with Crippen molar-refractivity contribution in [3.05, 3.63) is 76.4 Å². The third kappa shape index (κ3) is 5.32. The fourth-order valence-corrected chi connectivity index (χ4v) is 5.57. The lowest BCUT2D eigenvalue weighted by molar-refractivity contribution is -0.137. The van der Waals surface area contributed by atoms with E-state index in [1.165, 1.54) is 24.5 Å². The number of hydrogen-bond donors (Lipinski definition) is 2. The van der Waals surface area contributed by atoms with Gasteiger partial charge in [0.2, 0.25) is 5.95 Å². The molecule has 2 atom stereocenters. The summed E-state index contributed by atoms with van der Waals surface area (Å²) in [7, 11) is 0. The number of aliphatic hydroxyl groups excluding tert-OH is 1. The summed E-state index contributed by atoms with van der Waals surface area (Å²) in [5.41, 5.74) is 1.33. The zero-order valence-electron chi connectivity index (χ0n) is 21.2. The summed E-state index contributed by atoms with van der Waals surface area (Å²) in [6.07, 6.45) is -1.86. The lowest BCUT2D eigenvalue weighted by Gasteiger charge is -2.37. The molecular formula is C28H30F4N4O2. The Balaban J connectivity index is 1.48. The second kappa shape index (κ2) is 9.80. The average molecular weight is 531 g/mol. The average Bonchev–Trinajstić information content (AvgIpc) is 2.87. The quantitative estimate of drug-likeness (QED) is 0.400. The number of rotatable bonds is 4. The van der Waals surface area contributed by atoms with E-state index in [9.17, 15) is 23.4 Å². The summed E-state index contributed by atoms with van der Waals surface area (Å²) in [4.78, 5) is 15.3. The Morgan fingerprint density at radius 2 is 1.68 bits per heavy atom. The number of aromatic hydroxyl groups is 1. The SMILES string of the molecule is CC1(C)Cc2nc(C3CCN(c4ncc(O)cn4)CC3)c(C(F)c3ccc(C(F)(F)F)cc3)cc2C(O)C1. The standard InChI is InChI=1S/C28H30F4N4O2/c1-27(2)12-22-20(23(38)13-27)11-21(24(29)16-3-5-18(6-4-16)28(30,31)32)25(35-22)17-7-9-36(10-8-17)26-33-14-19(37)15-34-26/h3-6,11,14-15,17,23-24,37-38H,7-10,12-13H2,1-2H3. The van der Waals surface area contributed by atoms with Crippen molar-refractivity contribution in [2.45, 2.75) is 63.9 Å². The minimum Gasteiger partial charge on any atom is -0.505 e. The summed E-state index contributed by atoms with van der Waals surface area (Å²) in [6, 6.07) is 5.79. The maximum Gasteiger partial charge on any atom is 0.416 e. The molecule has 3 heterocycles. The molecule has 1 saturated heterocycles. The first-order valence-electron chi connectivity index (χ1n) is 12.7. The first-order chi connectivity index (χ1) is 17.9. The van der Waals surface area contributed by atoms with Gasteiger partial charge in [-0.2, -0.15) is 13.2 Å². The minimum absolute atomic E-state index is 0.0195. The third-order valence-corrected chi connectivity index (χ3v) is 7.54. The van der Waals surface area contributed by atoms with Crippen molar-refractivity contribution >= 4 is 5.95 Å². The van der Waals surface area contributed by atoms with Gasteiger partial charge >= 0.3 is 6.18 Å². The molecular weight excluding hydrogens is 500 g/mol. The fourth-order valence-electron chi connectivity index (χ4n) is 5.57. The van der Waals surface area contributed by atoms with Gasteiger partial charge in [-0.3, -0.25) is 4.98 Å². The van der Waals surface area contributed by atoms with E-state index in [4.69, 9.17) is 4.98 Å². The van der Waals surface area contributed by atoms with Crippen LogP contribution in [0.15, 0.2) is 42.7 Å². The second-order valence-electron chi connectivity index (χ2n) is 11.0. The molecule has 38 heavy (non-hydrogen) atoms. The number of alkyl halides is 4. The molecule has 5 rings (SSSR count). The van der Waals surface area contributed by atoms with E-state index < -0.39 is 24.0 Å². The van der Waals surface area contributed by atoms with Crippen molar-refractivity contribution in [1.82, 2.24) is 15.0 Å². The van der Waals surface area contributed by atoms with Crippen LogP contribution in [-0.4, -0.2) is 38.3 Å². The van der Waals surface area contributed by atoms with E-state index in [1.54, 1.807) is 6.07 Å². The molecule has 0 spiro atoms. The van der Waals surface area contributed by atoms with Crippen LogP contribution in [0, 0.1) is 5.41 Å². The van der Waals surface area contributed by atoms with Crippen molar-refractivity contribution in [2.75, 3.05) is 18.0 Å². The van der Waals surface area contributed by atoms with Crippen LogP contribution in [0.25, 0.3) is 0 Å². The van der Waals surface area contributed by atoms with Gasteiger partial charge in [0, 0.05) is 35.8 Å². The van der Waals surface area contributed by atoms with E-state index in [0.29, 0.717) is 61.5 Å². The molecule has 0 bridgehead atoms. The van der Waals surface area contributed by atoms with Crippen LogP contribution in [0.2, 0.25) is 0 Å². The van der Waals surface area contributed by atoms with Crippen LogP contribution in [0.1, 0.15) is 84.9 Å². The summed E-state index contributed by atoms with van der Waals surface area (Å²) in [5.74, 6) is 0.394. The molecule has 2 unspecified atom stereocenters. The number of hydrogen-bond acceptors (Lipinski definition) is 6. The van der Waals surface area contributed by atoms with Gasteiger partial charge in [-0.05, 0) is 54.9 Å². The number of fused-ring (bicyclic) bond motifs is 1. The Morgan fingerprint density at radius 3 is 2.29 bits per heavy atom. The van der Waals surface area contributed by atoms with Crippen LogP contribution in [0.3, 0.4) is 0 Å². The Bertz CT molecular complexity index is 1290. The summed E-state index contributed by atoms with van der Waals surface area (Å²) in [5, 5.41) is 20.3. The van der Waals surface area contributed by atoms with Crippen LogP contribution < -0.4 is 4.90 Å². The Hall–Kier alpha value is -3.27. The molecule has 1 aromatic carbocycles. The van der Waals surface area contributed by atoms with Crippen molar-refractivity contribution in [1.29, 1.82) is 0 Å². The lowest BCUT2D eigenvalue weighted by atomic mass is 9.74. The van der Waals surface area contributed by atoms with Crippen LogP contribution in [0.5, 0.6) is 5.75 Å². The number of pyridine rings is 1. The van der Waals surface area contributed by atoms with Crippen molar-refractivity contribution < 1.29 is 27.8 Å². The molecule has 0 saturated carbocycles. The molecule has 1 aliphatic carbocycles. The first kappa shape index (κ1) is 26.3. The van der Waals surface area contributed by atoms with Crippen LogP contribution >= 0.6 is 0 Å². The largest absolute Gasteiger partial charge is 0.505 e. The lowest BCUT2D eigenvalue weighted by Crippen LogP contribution is -2.35. The maximum absolute atomic E-state index is 16.1. The zero-order chi connectivity index (χ0) is 27.2. The van der Waals surface area contributed by atoms with Crippen LogP contribution in [0.4, 0.5) is 23.5 Å². The zero-order valence-corrected chi connectivity index (χ0v) is 21.2. The molecule has 6 nitrogen and oxygen atoms in total. The number of nitrogens with zero attached hydrogens (tertiary/aromatic N) is 4. The highest BCUT2D eigenvalue weighted by Gasteiger charge is 2.36. The fraction of sp³-hybridized carbons (Fsp3) is 0.464. The van der Waals surface area contributed by atoms with Crippen LogP contribution in [-0.2, 0) is 12.6 Å². The number of benzene rings is 1. The van der Waals surface area contributed by atoms with Gasteiger partial charge < -0.3 is 15.1 Å². The van der Waals surface area contributed by atoms with E-state index in [2.05, 4.69) is 23.8 Å². The predicted octanol–water partition coefficient (Wildman–Crippen LogP) is 6.04. The Labute approximate surface area is 218 Å². The van der Waals surface area contributed by atoms with Gasteiger partial charge in [0.05, 0.1) is 29.8 Å². The molecule has 1 aliphatic heterocycles. The van der Waals surface area contributed by atoms with Gasteiger partial charge in [0.15, 0.2) is 11.9 Å². The molecule has 0 amide bonds. The number of piperidine rings is 1. The topological polar surface area (TPSA) is 82.4 Å². The number of aromatic nitrogens is 3. The van der Waals surface area contributed by atoms with Crippen molar-refractivity contribution in [2.24, 2.45) is 5.41 Å². The van der Waals surface area contributed by atoms with Gasteiger partial charge in [0.1, 0.15) is 0 Å². The molecule has 10 heteroatoms. The summed E-state index contributed by atoms with van der Waals surface area (Å²) >= 11 is 0. The van der Waals surface area contributed by atoms with E-state index in [0.717, 1.165) is 17.8 Å². The normalized spacial score (nSPS) is 20.7. The highest BCUT2D eigenvalue weighted by atomic mass is 19.4. The molecule has 3 aromatic rings.